The van der Waals surface area contributed by atoms with Gasteiger partial charge in [-0.2, -0.15) is 4.98 Å². The Labute approximate surface area is 226 Å². The number of hydrogen-bond donors (Lipinski definition) is 1. The zero-order valence-electron chi connectivity index (χ0n) is 19.5. The molecule has 0 saturated carbocycles. The molecule has 184 valence electrons. The van der Waals surface area contributed by atoms with Crippen LogP contribution in [0.4, 0.5) is 5.69 Å². The quantitative estimate of drug-likeness (QED) is 0.229. The molecule has 0 radical (unpaired) electrons. The molecule has 36 heavy (non-hydrogen) atoms. The van der Waals surface area contributed by atoms with Gasteiger partial charge in [-0.15, -0.1) is 10.2 Å². The van der Waals surface area contributed by atoms with Gasteiger partial charge in [0, 0.05) is 21.3 Å². The largest absolute Gasteiger partial charge is 0.490 e. The van der Waals surface area contributed by atoms with Gasteiger partial charge in [0.05, 0.1) is 11.6 Å². The van der Waals surface area contributed by atoms with E-state index in [-0.39, 0.29) is 0 Å². The maximum absolute atomic E-state index is 6.73. The zero-order valence-corrected chi connectivity index (χ0v) is 22.7. The summed E-state index contributed by atoms with van der Waals surface area (Å²) >= 11 is 11.7. The molecule has 1 aromatic heterocycles. The van der Waals surface area contributed by atoms with Crippen LogP contribution in [0.3, 0.4) is 0 Å². The molecular formula is C26H22BrClN4O3S. The van der Waals surface area contributed by atoms with E-state index in [1.807, 2.05) is 73.8 Å². The lowest BCUT2D eigenvalue weighted by Crippen LogP contribution is -2.17. The summed E-state index contributed by atoms with van der Waals surface area (Å²) in [7, 11) is 0. The molecule has 0 aliphatic carbocycles. The number of halogens is 2. The number of aromatic nitrogens is 3. The van der Waals surface area contributed by atoms with Gasteiger partial charge in [-0.05, 0) is 49.1 Å². The van der Waals surface area contributed by atoms with Crippen LogP contribution in [0.5, 0.6) is 17.4 Å². The molecule has 1 N–H and O–H groups in total. The number of benzene rings is 3. The van der Waals surface area contributed by atoms with E-state index in [2.05, 4.69) is 36.4 Å². The number of thioether (sulfide) groups is 1. The lowest BCUT2D eigenvalue weighted by Gasteiger charge is -2.22. The first-order valence-electron chi connectivity index (χ1n) is 11.2. The minimum Gasteiger partial charge on any atom is -0.490 e. The molecule has 1 atom stereocenters. The number of anilines is 1. The van der Waals surface area contributed by atoms with Crippen molar-refractivity contribution in [1.82, 2.24) is 15.2 Å². The molecule has 3 aromatic carbocycles. The second kappa shape index (κ2) is 10.9. The van der Waals surface area contributed by atoms with E-state index in [9.17, 15) is 0 Å². The third-order valence-corrected chi connectivity index (χ3v) is 6.74. The predicted molar refractivity (Wildman–Crippen MR) is 145 cm³/mol. The molecule has 0 saturated heterocycles. The van der Waals surface area contributed by atoms with Crippen LogP contribution in [-0.4, -0.2) is 28.0 Å². The lowest BCUT2D eigenvalue weighted by molar-refractivity contribution is 0.223. The Morgan fingerprint density at radius 2 is 1.92 bits per heavy atom. The lowest BCUT2D eigenvalue weighted by atomic mass is 10.1. The van der Waals surface area contributed by atoms with Gasteiger partial charge in [0.15, 0.2) is 23.4 Å². The maximum Gasteiger partial charge on any atom is 0.247 e. The van der Waals surface area contributed by atoms with Crippen LogP contribution in [-0.2, 0) is 6.61 Å². The Balaban J connectivity index is 1.53. The van der Waals surface area contributed by atoms with Crippen molar-refractivity contribution in [1.29, 1.82) is 0 Å². The fraction of sp³-hybridized carbons (Fsp3) is 0.192. The topological polar surface area (TPSA) is 78.4 Å². The molecule has 1 aliphatic rings. The second-order valence-electron chi connectivity index (χ2n) is 7.82. The summed E-state index contributed by atoms with van der Waals surface area (Å²) in [6, 6.07) is 19.5. The van der Waals surface area contributed by atoms with E-state index in [4.69, 9.17) is 25.8 Å². The van der Waals surface area contributed by atoms with Crippen LogP contribution in [0.15, 0.2) is 70.3 Å². The van der Waals surface area contributed by atoms with Crippen LogP contribution in [0.25, 0.3) is 11.3 Å². The first kappa shape index (κ1) is 24.7. The summed E-state index contributed by atoms with van der Waals surface area (Å²) in [5.74, 6) is 1.40. The average molecular weight is 586 g/mol. The second-order valence-corrected chi connectivity index (χ2v) is 9.92. The van der Waals surface area contributed by atoms with Crippen molar-refractivity contribution in [3.8, 4) is 28.6 Å². The summed E-state index contributed by atoms with van der Waals surface area (Å²) < 4.78 is 19.3. The fourth-order valence-electron chi connectivity index (χ4n) is 3.78. The minimum absolute atomic E-state index is 0.369. The molecule has 0 bridgehead atoms. The van der Waals surface area contributed by atoms with E-state index in [1.54, 1.807) is 0 Å². The van der Waals surface area contributed by atoms with Crippen LogP contribution < -0.4 is 19.5 Å². The standard InChI is InChI=1S/C26H22BrClN4O3S/c1-3-33-21-12-16(11-19(28)23(21)34-14-15-7-5-4-6-8-15)24-29-20-10-9-17(27)13-18(20)22-25(35-24)30-26(36-2)32-31-22/h4-13,24,29H,3,14H2,1-2H3. The normalized spacial score (nSPS) is 14.1. The van der Waals surface area contributed by atoms with Crippen molar-refractivity contribution in [2.45, 2.75) is 24.9 Å². The highest BCUT2D eigenvalue weighted by molar-refractivity contribution is 9.10. The summed E-state index contributed by atoms with van der Waals surface area (Å²) in [5, 5.41) is 13.0. The number of ether oxygens (including phenoxy) is 3. The minimum atomic E-state index is -0.613. The van der Waals surface area contributed by atoms with Gasteiger partial charge in [-0.1, -0.05) is 69.6 Å². The number of nitrogens with zero attached hydrogens (tertiary/aromatic N) is 3. The van der Waals surface area contributed by atoms with E-state index in [1.165, 1.54) is 11.8 Å². The molecule has 4 aromatic rings. The van der Waals surface area contributed by atoms with Gasteiger partial charge in [-0.25, -0.2) is 0 Å². The summed E-state index contributed by atoms with van der Waals surface area (Å²) in [6.45, 7) is 2.74. The van der Waals surface area contributed by atoms with Crippen molar-refractivity contribution in [3.63, 3.8) is 0 Å². The van der Waals surface area contributed by atoms with Crippen molar-refractivity contribution >= 4 is 45.0 Å². The van der Waals surface area contributed by atoms with Crippen LogP contribution in [0.2, 0.25) is 5.02 Å². The van der Waals surface area contributed by atoms with E-state index < -0.39 is 6.23 Å². The van der Waals surface area contributed by atoms with E-state index in [0.717, 1.165) is 26.9 Å². The first-order chi connectivity index (χ1) is 17.6. The summed E-state index contributed by atoms with van der Waals surface area (Å²) in [4.78, 5) is 4.58. The SMILES string of the molecule is CCOc1cc(C2Nc3ccc(Br)cc3-c3nnc(SC)nc3O2)cc(Cl)c1OCc1ccccc1. The molecular weight excluding hydrogens is 564 g/mol. The summed E-state index contributed by atoms with van der Waals surface area (Å²) in [5.41, 5.74) is 3.99. The Morgan fingerprint density at radius 3 is 2.69 bits per heavy atom. The first-order valence-corrected chi connectivity index (χ1v) is 13.6. The Hall–Kier alpha value is -3.01. The van der Waals surface area contributed by atoms with Crippen LogP contribution in [0, 0.1) is 0 Å². The molecule has 0 fully saturated rings. The zero-order chi connectivity index (χ0) is 25.1. The molecule has 7 nitrogen and oxygen atoms in total. The van der Waals surface area contributed by atoms with Crippen molar-refractivity contribution in [3.05, 3.63) is 81.3 Å². The Bertz CT molecular complexity index is 1390. The molecule has 0 spiro atoms. The molecule has 0 amide bonds. The highest BCUT2D eigenvalue weighted by Gasteiger charge is 2.28. The predicted octanol–water partition coefficient (Wildman–Crippen LogP) is 7.16. The van der Waals surface area contributed by atoms with E-state index in [0.29, 0.717) is 46.5 Å². The van der Waals surface area contributed by atoms with Gasteiger partial charge in [-0.3, -0.25) is 0 Å². The number of fused-ring (bicyclic) bond motifs is 3. The molecule has 1 aliphatic heterocycles. The van der Waals surface area contributed by atoms with Crippen LogP contribution in [0.1, 0.15) is 24.3 Å². The highest BCUT2D eigenvalue weighted by atomic mass is 79.9. The number of hydrogen-bond acceptors (Lipinski definition) is 8. The molecule has 5 rings (SSSR count). The van der Waals surface area contributed by atoms with E-state index >= 15 is 0 Å². The van der Waals surface area contributed by atoms with Gasteiger partial charge in [0.25, 0.3) is 0 Å². The Kier molecular flexibility index (Phi) is 7.50. The smallest absolute Gasteiger partial charge is 0.247 e. The molecule has 1 unspecified atom stereocenters. The van der Waals surface area contributed by atoms with Crippen molar-refractivity contribution < 1.29 is 14.2 Å². The summed E-state index contributed by atoms with van der Waals surface area (Å²) in [6.07, 6.45) is 1.28. The Morgan fingerprint density at radius 1 is 1.08 bits per heavy atom. The fourth-order valence-corrected chi connectivity index (χ4v) is 4.71. The van der Waals surface area contributed by atoms with Gasteiger partial charge < -0.3 is 19.5 Å². The third kappa shape index (κ3) is 5.23. The highest BCUT2D eigenvalue weighted by Crippen LogP contribution is 2.44. The van der Waals surface area contributed by atoms with Crippen molar-refractivity contribution in [2.75, 3.05) is 18.2 Å². The molecule has 10 heteroatoms. The average Bonchev–Trinajstić information content (AvgIpc) is 3.05. The van der Waals surface area contributed by atoms with Gasteiger partial charge in [0.1, 0.15) is 6.61 Å². The van der Waals surface area contributed by atoms with Gasteiger partial charge in [0.2, 0.25) is 11.0 Å². The van der Waals surface area contributed by atoms with Crippen molar-refractivity contribution in [2.24, 2.45) is 0 Å². The monoisotopic (exact) mass is 584 g/mol. The third-order valence-electron chi connectivity index (χ3n) is 5.43. The molecule has 2 heterocycles. The number of rotatable bonds is 7. The maximum atomic E-state index is 6.73. The number of nitrogens with one attached hydrogen (secondary N) is 1. The van der Waals surface area contributed by atoms with Gasteiger partial charge >= 0.3 is 0 Å². The van der Waals surface area contributed by atoms with Crippen LogP contribution >= 0.6 is 39.3 Å².